The van der Waals surface area contributed by atoms with Crippen LogP contribution in [0.3, 0.4) is 0 Å². The molecule has 1 rings (SSSR count). The number of nitroso groups, excluding NO2 is 1. The maximum Gasteiger partial charge on any atom is 0.122 e. The van der Waals surface area contributed by atoms with Gasteiger partial charge in [0.25, 0.3) is 0 Å². The summed E-state index contributed by atoms with van der Waals surface area (Å²) < 4.78 is 0. The summed E-state index contributed by atoms with van der Waals surface area (Å²) in [6, 6.07) is 4.46. The van der Waals surface area contributed by atoms with E-state index in [0.29, 0.717) is 6.42 Å². The number of aromatic hydroxyl groups is 2. The van der Waals surface area contributed by atoms with Gasteiger partial charge in [-0.2, -0.15) is 4.91 Å². The van der Waals surface area contributed by atoms with E-state index in [1.165, 1.54) is 12.1 Å². The second-order valence-electron chi connectivity index (χ2n) is 3.29. The van der Waals surface area contributed by atoms with Crippen molar-refractivity contribution in [2.45, 2.75) is 19.3 Å². The molecule has 14 heavy (non-hydrogen) atoms. The predicted molar refractivity (Wildman–Crippen MR) is 53.5 cm³/mol. The van der Waals surface area contributed by atoms with Crippen molar-refractivity contribution in [2.24, 2.45) is 5.18 Å². The van der Waals surface area contributed by atoms with Crippen LogP contribution in [0.15, 0.2) is 23.4 Å². The second kappa shape index (κ2) is 4.60. The molecule has 0 aliphatic carbocycles. The molecule has 0 aliphatic heterocycles. The van der Waals surface area contributed by atoms with Gasteiger partial charge in [0.2, 0.25) is 0 Å². The van der Waals surface area contributed by atoms with Gasteiger partial charge in [0.15, 0.2) is 0 Å². The molecular formula is C10H13NO3. The molecule has 4 nitrogen and oxygen atoms in total. The number of rotatable bonds is 4. The molecule has 1 unspecified atom stereocenters. The predicted octanol–water partition coefficient (Wildman–Crippen LogP) is 2.36. The number of nitrogens with zero attached hydrogens (tertiary/aromatic N) is 1. The average molecular weight is 195 g/mol. The lowest BCUT2D eigenvalue weighted by Crippen LogP contribution is -1.95. The molecule has 0 saturated heterocycles. The number of benzene rings is 1. The van der Waals surface area contributed by atoms with Crippen LogP contribution in [-0.2, 0) is 0 Å². The molecule has 0 amide bonds. The van der Waals surface area contributed by atoms with Gasteiger partial charge < -0.3 is 10.2 Å². The number of phenols is 2. The average Bonchev–Trinajstić information content (AvgIpc) is 2.14. The molecule has 0 heterocycles. The topological polar surface area (TPSA) is 69.9 Å². The third kappa shape index (κ3) is 2.45. The van der Waals surface area contributed by atoms with E-state index >= 15 is 0 Å². The lowest BCUT2D eigenvalue weighted by Gasteiger charge is -2.11. The van der Waals surface area contributed by atoms with Crippen LogP contribution in [0.25, 0.3) is 0 Å². The van der Waals surface area contributed by atoms with Gasteiger partial charge in [-0.15, -0.1) is 0 Å². The Bertz CT molecular complexity index is 325. The molecule has 0 bridgehead atoms. The molecule has 1 aromatic carbocycles. The van der Waals surface area contributed by atoms with Gasteiger partial charge in [-0.3, -0.25) is 0 Å². The van der Waals surface area contributed by atoms with Crippen molar-refractivity contribution in [2.75, 3.05) is 6.54 Å². The Morgan fingerprint density at radius 2 is 2.14 bits per heavy atom. The SMILES string of the molecule is CC(CCN=O)c1ccc(O)cc1O. The first-order chi connectivity index (χ1) is 6.65. The lowest BCUT2D eigenvalue weighted by atomic mass is 9.97. The monoisotopic (exact) mass is 195 g/mol. The first kappa shape index (κ1) is 10.5. The van der Waals surface area contributed by atoms with E-state index in [2.05, 4.69) is 5.18 Å². The maximum absolute atomic E-state index is 9.93. The van der Waals surface area contributed by atoms with Crippen molar-refractivity contribution in [1.82, 2.24) is 0 Å². The molecule has 76 valence electrons. The summed E-state index contributed by atoms with van der Waals surface area (Å²) in [5.41, 5.74) is 0.728. The second-order valence-corrected chi connectivity index (χ2v) is 3.29. The third-order valence-electron chi connectivity index (χ3n) is 2.20. The molecule has 0 saturated carbocycles. The van der Waals surface area contributed by atoms with E-state index in [-0.39, 0.29) is 24.0 Å². The zero-order valence-electron chi connectivity index (χ0n) is 7.97. The van der Waals surface area contributed by atoms with Crippen LogP contribution < -0.4 is 0 Å². The van der Waals surface area contributed by atoms with Gasteiger partial charge in [0, 0.05) is 6.07 Å². The van der Waals surface area contributed by atoms with E-state index in [1.54, 1.807) is 6.07 Å². The Morgan fingerprint density at radius 1 is 1.43 bits per heavy atom. The highest BCUT2D eigenvalue weighted by Crippen LogP contribution is 2.30. The van der Waals surface area contributed by atoms with E-state index < -0.39 is 0 Å². The van der Waals surface area contributed by atoms with Gasteiger partial charge in [-0.1, -0.05) is 18.2 Å². The summed E-state index contributed by atoms with van der Waals surface area (Å²) in [6.45, 7) is 2.14. The lowest BCUT2D eigenvalue weighted by molar-refractivity contribution is 0.441. The highest BCUT2D eigenvalue weighted by atomic mass is 16.3. The molecule has 0 radical (unpaired) electrons. The van der Waals surface area contributed by atoms with Gasteiger partial charge in [0.05, 0.1) is 6.54 Å². The van der Waals surface area contributed by atoms with E-state index in [9.17, 15) is 10.0 Å². The fraction of sp³-hybridized carbons (Fsp3) is 0.400. The van der Waals surface area contributed by atoms with Crippen molar-refractivity contribution >= 4 is 0 Å². The van der Waals surface area contributed by atoms with E-state index in [4.69, 9.17) is 5.11 Å². The Morgan fingerprint density at radius 3 is 2.71 bits per heavy atom. The molecule has 0 spiro atoms. The highest BCUT2D eigenvalue weighted by Gasteiger charge is 2.10. The zero-order chi connectivity index (χ0) is 10.6. The van der Waals surface area contributed by atoms with Crippen LogP contribution in [0, 0.1) is 4.91 Å². The van der Waals surface area contributed by atoms with Crippen molar-refractivity contribution in [3.63, 3.8) is 0 Å². The largest absolute Gasteiger partial charge is 0.508 e. The van der Waals surface area contributed by atoms with E-state index in [0.717, 1.165) is 5.56 Å². The van der Waals surface area contributed by atoms with Crippen LogP contribution in [0.2, 0.25) is 0 Å². The maximum atomic E-state index is 9.93. The molecular weight excluding hydrogens is 182 g/mol. The van der Waals surface area contributed by atoms with E-state index in [1.807, 2.05) is 6.92 Å². The molecule has 0 aliphatic rings. The smallest absolute Gasteiger partial charge is 0.122 e. The zero-order valence-corrected chi connectivity index (χ0v) is 7.97. The van der Waals surface area contributed by atoms with Crippen LogP contribution in [-0.4, -0.2) is 16.8 Å². The van der Waals surface area contributed by atoms with Gasteiger partial charge in [-0.25, -0.2) is 0 Å². The Labute approximate surface area is 82.2 Å². The summed E-state index contributed by atoms with van der Waals surface area (Å²) in [5, 5.41) is 21.3. The van der Waals surface area contributed by atoms with Gasteiger partial charge in [-0.05, 0) is 24.0 Å². The normalized spacial score (nSPS) is 12.4. The first-order valence-electron chi connectivity index (χ1n) is 4.46. The molecule has 0 fully saturated rings. The minimum atomic E-state index is 0.0342. The Balaban J connectivity index is 2.78. The highest BCUT2D eigenvalue weighted by molar-refractivity contribution is 5.40. The minimum Gasteiger partial charge on any atom is -0.508 e. The molecule has 0 aromatic heterocycles. The summed E-state index contributed by atoms with van der Waals surface area (Å²) in [6.07, 6.45) is 0.599. The first-order valence-corrected chi connectivity index (χ1v) is 4.46. The molecule has 4 heteroatoms. The summed E-state index contributed by atoms with van der Waals surface area (Å²) in [7, 11) is 0. The van der Waals surface area contributed by atoms with Crippen LogP contribution >= 0.6 is 0 Å². The van der Waals surface area contributed by atoms with Crippen molar-refractivity contribution in [3.8, 4) is 11.5 Å². The number of hydrogen-bond acceptors (Lipinski definition) is 4. The molecule has 2 N–H and O–H groups in total. The summed E-state index contributed by atoms with van der Waals surface area (Å²) in [5.74, 6) is 0.156. The van der Waals surface area contributed by atoms with Gasteiger partial charge >= 0.3 is 0 Å². The van der Waals surface area contributed by atoms with Crippen LogP contribution in [0.1, 0.15) is 24.8 Å². The Hall–Kier alpha value is -1.58. The fourth-order valence-electron chi connectivity index (χ4n) is 1.35. The quantitative estimate of drug-likeness (QED) is 0.724. The summed E-state index contributed by atoms with van der Waals surface area (Å²) in [4.78, 5) is 9.93. The Kier molecular flexibility index (Phi) is 3.45. The van der Waals surface area contributed by atoms with Crippen molar-refractivity contribution in [1.29, 1.82) is 0 Å². The number of hydrogen-bond donors (Lipinski definition) is 2. The van der Waals surface area contributed by atoms with Crippen LogP contribution in [0.5, 0.6) is 11.5 Å². The third-order valence-corrected chi connectivity index (χ3v) is 2.20. The van der Waals surface area contributed by atoms with Gasteiger partial charge in [0.1, 0.15) is 11.5 Å². The van der Waals surface area contributed by atoms with Crippen molar-refractivity contribution < 1.29 is 10.2 Å². The minimum absolute atomic E-state index is 0.0342. The van der Waals surface area contributed by atoms with Crippen LogP contribution in [0.4, 0.5) is 0 Å². The van der Waals surface area contributed by atoms with Crippen molar-refractivity contribution in [3.05, 3.63) is 28.7 Å². The number of phenolic OH excluding ortho intramolecular Hbond substituents is 2. The molecule has 1 atom stereocenters. The molecule has 1 aromatic rings. The standard InChI is InChI=1S/C10H13NO3/c1-7(4-5-11-14)9-3-2-8(12)6-10(9)13/h2-3,6-7,12-13H,4-5H2,1H3. The fourth-order valence-corrected chi connectivity index (χ4v) is 1.35. The summed E-state index contributed by atoms with van der Waals surface area (Å²) >= 11 is 0.